The highest BCUT2D eigenvalue weighted by Gasteiger charge is 2.29. The Morgan fingerprint density at radius 1 is 0.293 bits per heavy atom. The number of aliphatic hydroxyl groups excluding tert-OH is 2. The van der Waals surface area contributed by atoms with Gasteiger partial charge in [0.1, 0.15) is 25.4 Å². The van der Waals surface area contributed by atoms with E-state index in [2.05, 4.69) is 142 Å². The molecule has 0 rings (SSSR count). The summed E-state index contributed by atoms with van der Waals surface area (Å²) in [5.74, 6) is -1.58. The van der Waals surface area contributed by atoms with Gasteiger partial charge in [-0.25, -0.2) is 9.13 Å². The number of allylic oxidation sites excluding steroid dienone is 20. The number of esters is 3. The third-order valence-corrected chi connectivity index (χ3v) is 18.1. The highest BCUT2D eigenvalue weighted by Crippen LogP contribution is 2.45. The van der Waals surface area contributed by atoms with Gasteiger partial charge in [-0.2, -0.15) is 0 Å². The van der Waals surface area contributed by atoms with Crippen molar-refractivity contribution < 1.29 is 75.8 Å². The Morgan fingerprint density at radius 2 is 0.535 bits per heavy atom. The molecular weight excluding hydrogens is 1290 g/mol. The first-order valence-corrected chi connectivity index (χ1v) is 41.8. The Morgan fingerprint density at radius 3 is 0.848 bits per heavy atom. The summed E-state index contributed by atoms with van der Waals surface area (Å²) in [6, 6.07) is 0. The third kappa shape index (κ3) is 74.9. The number of aliphatic hydroxyl groups is 2. The first kappa shape index (κ1) is 94.9. The molecule has 570 valence electrons. The van der Waals surface area contributed by atoms with E-state index in [0.717, 1.165) is 167 Å². The Balaban J connectivity index is 4.61. The van der Waals surface area contributed by atoms with Gasteiger partial charge in [0.15, 0.2) is 6.10 Å². The third-order valence-electron chi connectivity index (χ3n) is 16.2. The van der Waals surface area contributed by atoms with Crippen LogP contribution >= 0.6 is 15.6 Å². The summed E-state index contributed by atoms with van der Waals surface area (Å²) in [7, 11) is -9.79. The van der Waals surface area contributed by atoms with Gasteiger partial charge in [-0.1, -0.05) is 309 Å². The normalized spacial score (nSPS) is 14.7. The fourth-order valence-electron chi connectivity index (χ4n) is 10.3. The number of phosphoric acid groups is 2. The second kappa shape index (κ2) is 73.7. The number of ether oxygens (including phenoxy) is 3. The van der Waals surface area contributed by atoms with Crippen LogP contribution in [0.3, 0.4) is 0 Å². The largest absolute Gasteiger partial charge is 0.472 e. The van der Waals surface area contributed by atoms with Crippen molar-refractivity contribution in [2.75, 3.05) is 39.6 Å². The molecule has 0 aromatic heterocycles. The Kier molecular flexibility index (Phi) is 70.7. The summed E-state index contributed by atoms with van der Waals surface area (Å²) >= 11 is 0. The molecule has 99 heavy (non-hydrogen) atoms. The van der Waals surface area contributed by atoms with E-state index < -0.39 is 91.5 Å². The Labute approximate surface area is 602 Å². The van der Waals surface area contributed by atoms with Crippen molar-refractivity contribution in [3.8, 4) is 0 Å². The van der Waals surface area contributed by atoms with E-state index in [-0.39, 0.29) is 19.3 Å². The molecule has 5 atom stereocenters. The number of phosphoric ester groups is 2. The first-order chi connectivity index (χ1) is 48.2. The summed E-state index contributed by atoms with van der Waals surface area (Å²) in [4.78, 5) is 58.6. The molecule has 0 heterocycles. The maximum atomic E-state index is 13.0. The highest BCUT2D eigenvalue weighted by molar-refractivity contribution is 7.47. The quantitative estimate of drug-likeness (QED) is 0.0146. The van der Waals surface area contributed by atoms with Crippen LogP contribution in [-0.2, 0) is 55.8 Å². The van der Waals surface area contributed by atoms with Gasteiger partial charge in [0.05, 0.1) is 26.4 Å². The molecule has 5 unspecified atom stereocenters. The van der Waals surface area contributed by atoms with Crippen LogP contribution in [0.15, 0.2) is 122 Å². The van der Waals surface area contributed by atoms with E-state index in [9.17, 15) is 43.5 Å². The zero-order chi connectivity index (χ0) is 72.3. The molecule has 0 radical (unpaired) electrons. The minimum Gasteiger partial charge on any atom is -0.463 e. The van der Waals surface area contributed by atoms with Crippen LogP contribution < -0.4 is 0 Å². The molecule has 0 fully saturated rings. The van der Waals surface area contributed by atoms with E-state index in [0.29, 0.717) is 19.3 Å². The fourth-order valence-corrected chi connectivity index (χ4v) is 11.9. The zero-order valence-electron chi connectivity index (χ0n) is 62.1. The summed E-state index contributed by atoms with van der Waals surface area (Å²) < 4.78 is 61.1. The molecule has 0 aromatic rings. The minimum absolute atomic E-state index is 0.104. The SMILES string of the molecule is CC/C=C\C/C=C\C/C=C\C/C=C\C/C=C\CCCCCCCCCCCC(=O)OCC(O)COP(=O)(O)OCC(O)COP(=O)(O)OCC(COC(=O)CCCCCCCCC/C=C\C/C=C\C/C=C\C/C=C\C/C=C\CC)OC(=O)CCCCCCCCCCCCCCCCC. The van der Waals surface area contributed by atoms with Crippen LogP contribution in [0.25, 0.3) is 0 Å². The maximum Gasteiger partial charge on any atom is 0.472 e. The maximum absolute atomic E-state index is 13.0. The van der Waals surface area contributed by atoms with Crippen molar-refractivity contribution in [3.63, 3.8) is 0 Å². The zero-order valence-corrected chi connectivity index (χ0v) is 63.9. The molecule has 16 nitrogen and oxygen atoms in total. The van der Waals surface area contributed by atoms with Crippen molar-refractivity contribution in [2.45, 2.75) is 334 Å². The number of hydrogen-bond donors (Lipinski definition) is 4. The second-order valence-electron chi connectivity index (χ2n) is 25.8. The lowest BCUT2D eigenvalue weighted by atomic mass is 10.0. The smallest absolute Gasteiger partial charge is 0.463 e. The van der Waals surface area contributed by atoms with Gasteiger partial charge >= 0.3 is 33.6 Å². The molecule has 0 aromatic carbocycles. The van der Waals surface area contributed by atoms with Crippen LogP contribution in [0, 0.1) is 0 Å². The van der Waals surface area contributed by atoms with Crippen molar-refractivity contribution >= 4 is 33.6 Å². The predicted molar refractivity (Wildman–Crippen MR) is 408 cm³/mol. The molecule has 0 aliphatic carbocycles. The van der Waals surface area contributed by atoms with Crippen molar-refractivity contribution in [1.29, 1.82) is 0 Å². The molecule has 0 saturated heterocycles. The van der Waals surface area contributed by atoms with Crippen LogP contribution in [0.2, 0.25) is 0 Å². The number of carbonyl (C=O) groups is 3. The van der Waals surface area contributed by atoms with E-state index in [4.69, 9.17) is 32.3 Å². The number of rotatable bonds is 73. The standard InChI is InChI=1S/C81H140O16P2/c1-4-7-10-13-16-19-22-25-28-30-32-34-36-37-39-41-42-44-47-49-52-55-58-61-64-67-79(84)91-70-76(82)71-93-98(87,88)94-72-77(83)73-95-99(89,90)96-75-78(97-81(86)69-66-63-60-57-54-51-46-27-24-21-18-15-12-9-6-3)74-92-80(85)68-65-62-59-56-53-50-48-45-43-40-38-35-33-31-29-26-23-20-17-14-11-8-5-2/h7-8,10-11,16-17,19-20,25-26,28-29,32-35,37,39-40,43,76-78,82-83H,4-6,9,12-15,18,21-24,27,30-31,36,38,41-42,44-75H2,1-3H3,(H,87,88)(H,89,90)/b10-7-,11-8-,19-16-,20-17-,28-25-,29-26-,34-32-,35-33-,39-37-,43-40-. The van der Waals surface area contributed by atoms with Crippen molar-refractivity contribution in [3.05, 3.63) is 122 Å². The molecule has 0 aliphatic heterocycles. The fraction of sp³-hybridized carbons (Fsp3) is 0.716. The molecule has 0 amide bonds. The van der Waals surface area contributed by atoms with Gasteiger partial charge in [-0.05, 0) is 109 Å². The van der Waals surface area contributed by atoms with Gasteiger partial charge in [0.2, 0.25) is 0 Å². The van der Waals surface area contributed by atoms with Gasteiger partial charge in [-0.15, -0.1) is 0 Å². The average molecular weight is 1430 g/mol. The van der Waals surface area contributed by atoms with E-state index in [1.165, 1.54) is 89.9 Å². The second-order valence-corrected chi connectivity index (χ2v) is 28.7. The van der Waals surface area contributed by atoms with Gasteiger partial charge < -0.3 is 34.2 Å². The minimum atomic E-state index is -4.93. The van der Waals surface area contributed by atoms with Crippen LogP contribution in [0.4, 0.5) is 0 Å². The summed E-state index contributed by atoms with van der Waals surface area (Å²) in [5.41, 5.74) is 0. The molecule has 0 bridgehead atoms. The number of hydrogen-bond acceptors (Lipinski definition) is 14. The molecule has 0 aliphatic rings. The molecule has 4 N–H and O–H groups in total. The lowest BCUT2D eigenvalue weighted by molar-refractivity contribution is -0.161. The van der Waals surface area contributed by atoms with E-state index in [1.54, 1.807) is 0 Å². The monoisotopic (exact) mass is 1430 g/mol. The Bertz CT molecular complexity index is 2290. The summed E-state index contributed by atoms with van der Waals surface area (Å²) in [6.07, 6.45) is 86.6. The van der Waals surface area contributed by atoms with Gasteiger partial charge in [0.25, 0.3) is 0 Å². The molecule has 0 saturated carbocycles. The lowest BCUT2D eigenvalue weighted by Gasteiger charge is -2.21. The number of carbonyl (C=O) groups excluding carboxylic acids is 3. The van der Waals surface area contributed by atoms with Crippen LogP contribution in [0.5, 0.6) is 0 Å². The summed E-state index contributed by atoms with van der Waals surface area (Å²) in [6.45, 7) is 2.46. The topological polar surface area (TPSA) is 231 Å². The molecular formula is C81H140O16P2. The van der Waals surface area contributed by atoms with E-state index >= 15 is 0 Å². The molecule has 0 spiro atoms. The lowest BCUT2D eigenvalue weighted by Crippen LogP contribution is -2.30. The average Bonchev–Trinajstić information content (AvgIpc) is 1.57. The highest BCUT2D eigenvalue weighted by atomic mass is 31.2. The first-order valence-electron chi connectivity index (χ1n) is 38.8. The summed E-state index contributed by atoms with van der Waals surface area (Å²) in [5, 5.41) is 20.6. The van der Waals surface area contributed by atoms with Crippen molar-refractivity contribution in [2.24, 2.45) is 0 Å². The predicted octanol–water partition coefficient (Wildman–Crippen LogP) is 22.5. The van der Waals surface area contributed by atoms with Crippen LogP contribution in [-0.4, -0.2) is 95.9 Å². The Hall–Kier alpha value is -4.05. The van der Waals surface area contributed by atoms with Gasteiger partial charge in [-0.3, -0.25) is 32.5 Å². The van der Waals surface area contributed by atoms with Crippen molar-refractivity contribution in [1.82, 2.24) is 0 Å². The van der Waals surface area contributed by atoms with Gasteiger partial charge in [0, 0.05) is 19.3 Å². The molecule has 18 heteroatoms. The number of unbranched alkanes of at least 4 members (excludes halogenated alkanes) is 30. The van der Waals surface area contributed by atoms with Crippen LogP contribution in [0.1, 0.15) is 316 Å². The van der Waals surface area contributed by atoms with E-state index in [1.807, 2.05) is 0 Å².